The number of thiophene rings is 1. The minimum Gasteiger partial charge on any atom is -0.275 e. The van der Waals surface area contributed by atoms with Crippen LogP contribution in [-0.2, 0) is 10.8 Å². The molecule has 0 saturated heterocycles. The highest BCUT2D eigenvalue weighted by Crippen LogP contribution is 2.44. The molecule has 0 unspecified atom stereocenters. The van der Waals surface area contributed by atoms with E-state index < -0.39 is 0 Å². The Labute approximate surface area is 334 Å². The van der Waals surface area contributed by atoms with Crippen LogP contribution in [0.3, 0.4) is 0 Å². The van der Waals surface area contributed by atoms with E-state index in [0.29, 0.717) is 0 Å². The van der Waals surface area contributed by atoms with E-state index in [0.717, 1.165) is 28.5 Å². The molecule has 2 heterocycles. The first-order chi connectivity index (χ1) is 27.0. The summed E-state index contributed by atoms with van der Waals surface area (Å²) in [5.41, 5.74) is 13.3. The molecule has 4 heteroatoms. The van der Waals surface area contributed by atoms with Crippen molar-refractivity contribution < 1.29 is 0 Å². The fourth-order valence-electron chi connectivity index (χ4n) is 7.63. The van der Waals surface area contributed by atoms with Crippen LogP contribution in [0.2, 0.25) is 0 Å². The molecular formula is C52H45N3S. The Morgan fingerprint density at radius 3 is 1.45 bits per heavy atom. The lowest BCUT2D eigenvalue weighted by atomic mass is 9.86. The molecule has 0 aliphatic heterocycles. The summed E-state index contributed by atoms with van der Waals surface area (Å²) in [7, 11) is 0. The van der Waals surface area contributed by atoms with Crippen molar-refractivity contribution in [3.63, 3.8) is 0 Å². The molecule has 7 aromatic carbocycles. The van der Waals surface area contributed by atoms with Crippen LogP contribution in [-0.4, -0.2) is 14.8 Å². The van der Waals surface area contributed by atoms with E-state index in [1.54, 1.807) is 0 Å². The highest BCUT2D eigenvalue weighted by molar-refractivity contribution is 7.26. The fourth-order valence-corrected chi connectivity index (χ4v) is 8.83. The van der Waals surface area contributed by atoms with Crippen LogP contribution in [0, 0.1) is 0 Å². The van der Waals surface area contributed by atoms with Gasteiger partial charge < -0.3 is 0 Å². The maximum atomic E-state index is 4.76. The Morgan fingerprint density at radius 2 is 0.875 bits per heavy atom. The van der Waals surface area contributed by atoms with Gasteiger partial charge in [-0.2, -0.15) is 0 Å². The van der Waals surface area contributed by atoms with Crippen molar-refractivity contribution in [2.24, 2.45) is 0 Å². The minimum atomic E-state index is 0.0903. The molecule has 0 fully saturated rings. The maximum Gasteiger partial charge on any atom is 0.168 e. The van der Waals surface area contributed by atoms with Gasteiger partial charge in [0.1, 0.15) is 0 Å². The molecule has 56 heavy (non-hydrogen) atoms. The first-order valence-electron chi connectivity index (χ1n) is 19.4. The molecule has 0 aliphatic carbocycles. The SMILES string of the molecule is CC(C)(C)c1ccc(-c2ccc3sc4c(-c5ccc(-c6nnc(-c7ccccc7)n6-c6ccccc6)cc5)cc(-c5ccc(C(C)(C)C)cc5)cc4c3c2)cc1. The van der Waals surface area contributed by atoms with Crippen LogP contribution in [0.1, 0.15) is 52.7 Å². The first kappa shape index (κ1) is 35.6. The lowest BCUT2D eigenvalue weighted by Gasteiger charge is -2.19. The van der Waals surface area contributed by atoms with E-state index in [4.69, 9.17) is 10.2 Å². The van der Waals surface area contributed by atoms with Crippen LogP contribution in [0.25, 0.3) is 82.0 Å². The molecule has 2 aromatic heterocycles. The number of benzene rings is 7. The summed E-state index contributed by atoms with van der Waals surface area (Å²) >= 11 is 1.88. The van der Waals surface area contributed by atoms with E-state index in [-0.39, 0.29) is 10.8 Å². The molecule has 0 spiro atoms. The molecule has 0 atom stereocenters. The zero-order chi connectivity index (χ0) is 38.6. The maximum absolute atomic E-state index is 4.76. The summed E-state index contributed by atoms with van der Waals surface area (Å²) in [6.45, 7) is 13.6. The third kappa shape index (κ3) is 6.65. The van der Waals surface area contributed by atoms with Gasteiger partial charge in [-0.25, -0.2) is 0 Å². The Balaban J connectivity index is 1.18. The molecule has 0 N–H and O–H groups in total. The van der Waals surface area contributed by atoms with E-state index in [9.17, 15) is 0 Å². The van der Waals surface area contributed by atoms with E-state index in [1.807, 2.05) is 35.6 Å². The quantitative estimate of drug-likeness (QED) is 0.170. The number of nitrogens with zero attached hydrogens (tertiary/aromatic N) is 3. The van der Waals surface area contributed by atoms with Gasteiger partial charge in [0.2, 0.25) is 0 Å². The molecule has 274 valence electrons. The number of hydrogen-bond donors (Lipinski definition) is 0. The number of para-hydroxylation sites is 1. The molecular weight excluding hydrogens is 699 g/mol. The van der Waals surface area contributed by atoms with E-state index in [2.05, 4.69) is 186 Å². The molecule has 0 saturated carbocycles. The van der Waals surface area contributed by atoms with Gasteiger partial charge in [0.15, 0.2) is 11.6 Å². The highest BCUT2D eigenvalue weighted by Gasteiger charge is 2.20. The summed E-state index contributed by atoms with van der Waals surface area (Å²) in [6, 6.07) is 59.5. The second-order valence-corrected chi connectivity index (χ2v) is 17.9. The topological polar surface area (TPSA) is 30.7 Å². The van der Waals surface area contributed by atoms with Gasteiger partial charge in [-0.3, -0.25) is 4.57 Å². The van der Waals surface area contributed by atoms with Crippen molar-refractivity contribution >= 4 is 31.5 Å². The highest BCUT2D eigenvalue weighted by atomic mass is 32.1. The number of aromatic nitrogens is 3. The normalized spacial score (nSPS) is 12.1. The molecule has 3 nitrogen and oxygen atoms in total. The van der Waals surface area contributed by atoms with Crippen molar-refractivity contribution in [1.29, 1.82) is 0 Å². The van der Waals surface area contributed by atoms with Crippen molar-refractivity contribution in [2.45, 2.75) is 52.4 Å². The van der Waals surface area contributed by atoms with Crippen LogP contribution in [0.5, 0.6) is 0 Å². The van der Waals surface area contributed by atoms with Crippen LogP contribution in [0.15, 0.2) is 164 Å². The molecule has 9 aromatic rings. The van der Waals surface area contributed by atoms with Crippen molar-refractivity contribution in [3.05, 3.63) is 175 Å². The molecule has 0 amide bonds. The van der Waals surface area contributed by atoms with Crippen molar-refractivity contribution in [2.75, 3.05) is 0 Å². The number of rotatable bonds is 6. The molecule has 0 aliphatic rings. The second kappa shape index (κ2) is 13.9. The largest absolute Gasteiger partial charge is 0.275 e. The van der Waals surface area contributed by atoms with Gasteiger partial charge >= 0.3 is 0 Å². The Morgan fingerprint density at radius 1 is 0.411 bits per heavy atom. The summed E-state index contributed by atoms with van der Waals surface area (Å²) in [6.07, 6.45) is 0. The zero-order valence-corrected chi connectivity index (χ0v) is 33.7. The molecule has 0 bridgehead atoms. The van der Waals surface area contributed by atoms with Gasteiger partial charge in [-0.15, -0.1) is 21.5 Å². The predicted octanol–water partition coefficient (Wildman–Crippen LogP) is 14.6. The number of fused-ring (bicyclic) bond motifs is 3. The average Bonchev–Trinajstić information content (AvgIpc) is 3.83. The minimum absolute atomic E-state index is 0.0903. The monoisotopic (exact) mass is 743 g/mol. The van der Waals surface area contributed by atoms with Crippen molar-refractivity contribution in [3.8, 4) is 61.8 Å². The Kier molecular flexibility index (Phi) is 8.82. The smallest absolute Gasteiger partial charge is 0.168 e. The Bertz CT molecular complexity index is 2810. The van der Waals surface area contributed by atoms with E-state index >= 15 is 0 Å². The van der Waals surface area contributed by atoms with E-state index in [1.165, 1.54) is 64.7 Å². The van der Waals surface area contributed by atoms with Crippen LogP contribution in [0.4, 0.5) is 0 Å². The average molecular weight is 744 g/mol. The van der Waals surface area contributed by atoms with Gasteiger partial charge in [-0.05, 0) is 86.2 Å². The Hall–Kier alpha value is -6.10. The van der Waals surface area contributed by atoms with Crippen molar-refractivity contribution in [1.82, 2.24) is 14.8 Å². The van der Waals surface area contributed by atoms with Crippen LogP contribution < -0.4 is 0 Å². The summed E-state index contributed by atoms with van der Waals surface area (Å²) in [5, 5.41) is 12.0. The number of hydrogen-bond acceptors (Lipinski definition) is 3. The summed E-state index contributed by atoms with van der Waals surface area (Å²) in [4.78, 5) is 0. The van der Waals surface area contributed by atoms with Gasteiger partial charge in [0.05, 0.1) is 0 Å². The second-order valence-electron chi connectivity index (χ2n) is 16.8. The summed E-state index contributed by atoms with van der Waals surface area (Å²) < 4.78 is 4.74. The van der Waals surface area contributed by atoms with Gasteiger partial charge in [0.25, 0.3) is 0 Å². The third-order valence-electron chi connectivity index (χ3n) is 10.9. The van der Waals surface area contributed by atoms with Crippen LogP contribution >= 0.6 is 11.3 Å². The van der Waals surface area contributed by atoms with Gasteiger partial charge in [0, 0.05) is 42.6 Å². The zero-order valence-electron chi connectivity index (χ0n) is 32.8. The third-order valence-corrected chi connectivity index (χ3v) is 12.1. The first-order valence-corrected chi connectivity index (χ1v) is 20.2. The fraction of sp³-hybridized carbons (Fsp3) is 0.154. The summed E-state index contributed by atoms with van der Waals surface area (Å²) in [5.74, 6) is 1.63. The lowest BCUT2D eigenvalue weighted by Crippen LogP contribution is -2.10. The predicted molar refractivity (Wildman–Crippen MR) is 239 cm³/mol. The molecule has 9 rings (SSSR count). The molecule has 0 radical (unpaired) electrons. The standard InChI is InChI=1S/C52H45N3S/c1-51(2,3)41-26-21-34(22-27-41)39-25-30-47-45(31-39)46-33-40(35-23-28-42(29-24-35)52(4,5)6)32-44(48(46)56-47)36-17-19-38(20-18-36)50-54-53-49(37-13-9-7-10-14-37)55(50)43-15-11-8-12-16-43/h7-33H,1-6H3. The lowest BCUT2D eigenvalue weighted by molar-refractivity contribution is 0.590. The van der Waals surface area contributed by atoms with Gasteiger partial charge in [-0.1, -0.05) is 169 Å².